The van der Waals surface area contributed by atoms with Crippen molar-refractivity contribution in [1.82, 2.24) is 0 Å². The van der Waals surface area contributed by atoms with Gasteiger partial charge >= 0.3 is 15.6 Å². The third-order valence-electron chi connectivity index (χ3n) is 8.71. The molecule has 0 amide bonds. The monoisotopic (exact) mass is 482 g/mol. The lowest BCUT2D eigenvalue weighted by Gasteiger charge is -2.58. The molecule has 3 saturated carbocycles. The number of carbonyl (C=O) groups is 1. The second-order valence-electron chi connectivity index (χ2n) is 9.91. The van der Waals surface area contributed by atoms with Crippen molar-refractivity contribution in [3.8, 4) is 0 Å². The molecule has 6 atom stereocenters. The number of hydrogen-bond donors (Lipinski definition) is 1. The fraction of sp³-hybridized carbons (Fsp3) is 0.850. The molecule has 0 heterocycles. The van der Waals surface area contributed by atoms with Crippen molar-refractivity contribution in [2.45, 2.75) is 69.6 Å². The lowest BCUT2D eigenvalue weighted by Crippen LogP contribution is -2.54. The average molecular weight is 483 g/mol. The number of Topliss-reactive ketones (excluding diaryl/α,β-unsaturated/α-hetero) is 1. The Balaban J connectivity index is 1.61. The summed E-state index contributed by atoms with van der Waals surface area (Å²) in [6.45, 7) is 1.44. The summed E-state index contributed by atoms with van der Waals surface area (Å²) in [5, 5.41) is 10.6. The van der Waals surface area contributed by atoms with Crippen LogP contribution in [0.25, 0.3) is 0 Å². The topological polar surface area (TPSA) is 89.9 Å². The van der Waals surface area contributed by atoms with E-state index in [1.165, 1.54) is 0 Å². The van der Waals surface area contributed by atoms with Gasteiger partial charge < -0.3 is 9.53 Å². The highest BCUT2D eigenvalue weighted by molar-refractivity contribution is 7.87. The third-order valence-corrected chi connectivity index (χ3v) is 10.5. The Bertz CT molecular complexity index is 905. The maximum atomic E-state index is 12.8. The van der Waals surface area contributed by atoms with Crippen LogP contribution in [0.5, 0.6) is 0 Å². The van der Waals surface area contributed by atoms with E-state index < -0.39 is 33.4 Å². The highest BCUT2D eigenvalue weighted by Crippen LogP contribution is 2.65. The molecule has 31 heavy (non-hydrogen) atoms. The molecule has 0 radical (unpaired) electrons. The maximum absolute atomic E-state index is 12.8. The van der Waals surface area contributed by atoms with Gasteiger partial charge in [0.15, 0.2) is 5.79 Å². The van der Waals surface area contributed by atoms with Crippen LogP contribution in [0.4, 0.5) is 13.2 Å². The van der Waals surface area contributed by atoms with Gasteiger partial charge in [0.2, 0.25) is 0 Å². The minimum absolute atomic E-state index is 0.0780. The predicted octanol–water partition coefficient (Wildman–Crippen LogP) is 2.35. The van der Waals surface area contributed by atoms with E-state index in [-0.39, 0.29) is 35.4 Å². The van der Waals surface area contributed by atoms with Crippen molar-refractivity contribution in [2.75, 3.05) is 6.61 Å². The zero-order valence-electron chi connectivity index (χ0n) is 17.7. The number of carbonyl (C=O) groups excluding carboxylic acids is 1. The van der Waals surface area contributed by atoms with Gasteiger partial charge in [-0.25, -0.2) is 0 Å². The first-order chi connectivity index (χ1) is 14.3. The molecule has 0 saturated heterocycles. The molecule has 0 aromatic carbocycles. The molecule has 11 heteroatoms. The number of ketones is 1. The van der Waals surface area contributed by atoms with Crippen molar-refractivity contribution in [2.24, 2.45) is 28.6 Å². The summed E-state index contributed by atoms with van der Waals surface area (Å²) < 4.78 is 71.2. The molecule has 4 aliphatic rings. The highest BCUT2D eigenvalue weighted by atomic mass is 32.2. The molecule has 0 aromatic rings. The SMILES string of the molecule is C[C@]12CC[C@@](O)(O[SiH3])CC1=CC[C@H]1[C@@H]3CCC(=O)[C@@]3(COS(=O)(=O)C(F)(F)F)CC[C@@H]12. The number of alkyl halides is 3. The summed E-state index contributed by atoms with van der Waals surface area (Å²) >= 11 is 0. The standard InChI is InChI=1S/C20H29F3O6SSi/c1-17-8-9-19(25,29-31)10-12(17)2-3-13-14(17)6-7-18(15(13)4-5-16(18)24)11-28-30(26,27)20(21,22)23/h2,13-15,25H,3-11H2,1,31H3/t13-,14+,15+,17+,18-,19-/m1/s1. The van der Waals surface area contributed by atoms with E-state index >= 15 is 0 Å². The van der Waals surface area contributed by atoms with Crippen LogP contribution in [0, 0.1) is 28.6 Å². The summed E-state index contributed by atoms with van der Waals surface area (Å²) in [7, 11) is -5.31. The largest absolute Gasteiger partial charge is 0.523 e. The smallest absolute Gasteiger partial charge is 0.401 e. The molecule has 0 aliphatic heterocycles. The summed E-state index contributed by atoms with van der Waals surface area (Å²) in [6, 6.07) is 0. The first-order valence-electron chi connectivity index (χ1n) is 10.7. The van der Waals surface area contributed by atoms with Gasteiger partial charge in [-0.1, -0.05) is 18.6 Å². The van der Waals surface area contributed by atoms with Crippen molar-refractivity contribution in [3.05, 3.63) is 11.6 Å². The van der Waals surface area contributed by atoms with E-state index in [0.29, 0.717) is 49.0 Å². The predicted molar refractivity (Wildman–Crippen MR) is 108 cm³/mol. The normalized spacial score (nSPS) is 43.2. The van der Waals surface area contributed by atoms with Crippen LogP contribution >= 0.6 is 0 Å². The van der Waals surface area contributed by atoms with E-state index in [1.807, 2.05) is 0 Å². The van der Waals surface area contributed by atoms with Gasteiger partial charge in [0.05, 0.1) is 12.0 Å². The van der Waals surface area contributed by atoms with Crippen molar-refractivity contribution < 1.29 is 40.1 Å². The average Bonchev–Trinajstić information content (AvgIpc) is 3.03. The first-order valence-corrected chi connectivity index (χ1v) is 13.0. The second kappa shape index (κ2) is 7.38. The Morgan fingerprint density at radius 1 is 1.23 bits per heavy atom. The minimum atomic E-state index is -5.74. The van der Waals surface area contributed by atoms with Crippen LogP contribution in [0.3, 0.4) is 0 Å². The molecule has 0 aromatic heterocycles. The molecule has 0 spiro atoms. The van der Waals surface area contributed by atoms with E-state index in [2.05, 4.69) is 17.2 Å². The fourth-order valence-electron chi connectivity index (χ4n) is 6.89. The Hall–Kier alpha value is -0.753. The first kappa shape index (κ1) is 23.4. The van der Waals surface area contributed by atoms with E-state index in [4.69, 9.17) is 4.43 Å². The van der Waals surface area contributed by atoms with E-state index in [0.717, 1.165) is 12.0 Å². The molecule has 6 nitrogen and oxygen atoms in total. The number of fused-ring (bicyclic) bond motifs is 5. The van der Waals surface area contributed by atoms with Gasteiger partial charge in [-0.15, -0.1) is 0 Å². The van der Waals surface area contributed by atoms with Crippen LogP contribution in [0.1, 0.15) is 58.3 Å². The summed E-state index contributed by atoms with van der Waals surface area (Å²) in [5.74, 6) is -1.20. The van der Waals surface area contributed by atoms with Gasteiger partial charge in [0.25, 0.3) is 0 Å². The van der Waals surface area contributed by atoms with Crippen LogP contribution in [0.15, 0.2) is 11.6 Å². The van der Waals surface area contributed by atoms with Crippen LogP contribution < -0.4 is 0 Å². The zero-order valence-corrected chi connectivity index (χ0v) is 20.5. The molecule has 176 valence electrons. The Morgan fingerprint density at radius 3 is 2.58 bits per heavy atom. The Kier molecular flexibility index (Phi) is 5.57. The number of halogens is 3. The van der Waals surface area contributed by atoms with Gasteiger partial charge in [0, 0.05) is 19.3 Å². The van der Waals surface area contributed by atoms with Crippen LogP contribution in [-0.4, -0.2) is 47.7 Å². The van der Waals surface area contributed by atoms with E-state index in [9.17, 15) is 31.5 Å². The van der Waals surface area contributed by atoms with Crippen LogP contribution in [0.2, 0.25) is 0 Å². The van der Waals surface area contributed by atoms with Gasteiger partial charge in [0.1, 0.15) is 16.3 Å². The Morgan fingerprint density at radius 2 is 1.94 bits per heavy atom. The number of aliphatic hydroxyl groups is 1. The van der Waals surface area contributed by atoms with Crippen molar-refractivity contribution in [1.29, 1.82) is 0 Å². The number of allylic oxidation sites excluding steroid dienone is 1. The molecular formula is C20H29F3O6SSi. The van der Waals surface area contributed by atoms with Gasteiger partial charge in [-0.2, -0.15) is 21.6 Å². The van der Waals surface area contributed by atoms with Gasteiger partial charge in [-0.05, 0) is 55.3 Å². The zero-order chi connectivity index (χ0) is 22.9. The molecule has 3 fully saturated rings. The second-order valence-corrected chi connectivity index (χ2v) is 11.9. The molecule has 4 aliphatic carbocycles. The van der Waals surface area contributed by atoms with Crippen molar-refractivity contribution in [3.63, 3.8) is 0 Å². The number of hydrogen-bond acceptors (Lipinski definition) is 6. The Labute approximate surface area is 183 Å². The fourth-order valence-corrected chi connectivity index (χ4v) is 7.74. The molecule has 0 unspecified atom stereocenters. The molecule has 0 bridgehead atoms. The maximum Gasteiger partial charge on any atom is 0.523 e. The van der Waals surface area contributed by atoms with Crippen LogP contribution in [-0.2, 0) is 23.5 Å². The minimum Gasteiger partial charge on any atom is -0.401 e. The van der Waals surface area contributed by atoms with E-state index in [1.54, 1.807) is 0 Å². The number of rotatable bonds is 4. The lowest BCUT2D eigenvalue weighted by atomic mass is 9.47. The third kappa shape index (κ3) is 3.55. The molecular weight excluding hydrogens is 453 g/mol. The quantitative estimate of drug-likeness (QED) is 0.218. The summed E-state index contributed by atoms with van der Waals surface area (Å²) in [6.07, 6.45) is 6.23. The summed E-state index contributed by atoms with van der Waals surface area (Å²) in [4.78, 5) is 12.8. The lowest BCUT2D eigenvalue weighted by molar-refractivity contribution is -0.168. The van der Waals surface area contributed by atoms with Gasteiger partial charge in [-0.3, -0.25) is 8.98 Å². The van der Waals surface area contributed by atoms with Crippen molar-refractivity contribution >= 4 is 26.4 Å². The highest BCUT2D eigenvalue weighted by Gasteiger charge is 2.62. The molecule has 1 N–H and O–H groups in total. The molecule has 4 rings (SSSR count). The summed E-state index contributed by atoms with van der Waals surface area (Å²) in [5.41, 5.74) is -5.68.